The van der Waals surface area contributed by atoms with Gasteiger partial charge < -0.3 is 18.6 Å². The zero-order valence-corrected chi connectivity index (χ0v) is 46.7. The van der Waals surface area contributed by atoms with Crippen molar-refractivity contribution < 1.29 is 8.83 Å². The maximum atomic E-state index is 6.90. The van der Waals surface area contributed by atoms with Gasteiger partial charge in [0.2, 0.25) is 0 Å². The number of furan rings is 2. The summed E-state index contributed by atoms with van der Waals surface area (Å²) >= 11 is 0. The number of hydrogen-bond donors (Lipinski definition) is 0. The van der Waals surface area contributed by atoms with Crippen LogP contribution in [-0.2, 0) is 0 Å². The second kappa shape index (κ2) is 20.2. The summed E-state index contributed by atoms with van der Waals surface area (Å²) in [6, 6.07) is 114. The van der Waals surface area contributed by atoms with E-state index >= 15 is 0 Å². The fourth-order valence-corrected chi connectivity index (χ4v) is 13.3. The molecule has 0 aliphatic rings. The Kier molecular flexibility index (Phi) is 11.5. The maximum Gasteiger partial charge on any atom is 0.159 e. The number of fused-ring (bicyclic) bond motifs is 10. The Bertz CT molecular complexity index is 5130. The van der Waals surface area contributed by atoms with Gasteiger partial charge >= 0.3 is 0 Å². The molecule has 17 rings (SSSR count). The maximum absolute atomic E-state index is 6.90. The van der Waals surface area contributed by atoms with E-state index in [0.29, 0.717) is 0 Å². The second-order valence-electron chi connectivity index (χ2n) is 22.3. The normalized spacial score (nSPS) is 11.7. The van der Waals surface area contributed by atoms with Crippen LogP contribution in [0.1, 0.15) is 0 Å². The Balaban J connectivity index is 0.959. The summed E-state index contributed by atoms with van der Waals surface area (Å²) < 4.78 is 13.8. The number of nitrogens with zero attached hydrogens (tertiary/aromatic N) is 2. The van der Waals surface area contributed by atoms with Crippen molar-refractivity contribution in [1.82, 2.24) is 0 Å². The number of rotatable bonds is 10. The highest BCUT2D eigenvalue weighted by atomic mass is 16.3. The summed E-state index contributed by atoms with van der Waals surface area (Å²) in [4.78, 5) is 4.76. The van der Waals surface area contributed by atoms with Gasteiger partial charge in [0, 0.05) is 44.3 Å². The van der Waals surface area contributed by atoms with Crippen LogP contribution in [0.4, 0.5) is 34.1 Å². The molecular weight excluding hydrogens is 1040 g/mol. The molecule has 17 aromatic rings. The molecular formula is C82H52N2O2. The molecule has 4 nitrogen and oxygen atoms in total. The lowest BCUT2D eigenvalue weighted by Gasteiger charge is -2.28. The van der Waals surface area contributed by atoms with E-state index in [0.717, 1.165) is 133 Å². The van der Waals surface area contributed by atoms with Gasteiger partial charge in [0.25, 0.3) is 0 Å². The summed E-state index contributed by atoms with van der Waals surface area (Å²) in [6.07, 6.45) is 0. The standard InChI is InChI=1S/C82H52N2O2/c1-3-17-53(18-4-1)57-37-41-63(42-38-57)83(75-29-15-27-71-67-25-11-13-31-77(67)85-81(71)75)65-45-47-69-73(51-65)79(61-35-33-55-21-7-9-23-59(55)49-61)70-48-46-66(52-74(70)80(69)62-36-34-56-22-8-10-24-60(56)50-62)84(64-43-39-58(40-44-64)54-19-5-2-6-20-54)76-30-16-28-72-68-26-12-14-32-78(68)86-82(72)76/h1-52H. The lowest BCUT2D eigenvalue weighted by molar-refractivity contribution is 0.668. The van der Waals surface area contributed by atoms with Crippen LogP contribution >= 0.6 is 0 Å². The molecule has 0 aliphatic heterocycles. The highest BCUT2D eigenvalue weighted by Crippen LogP contribution is 2.51. The van der Waals surface area contributed by atoms with Crippen LogP contribution in [0.5, 0.6) is 0 Å². The predicted molar refractivity (Wildman–Crippen MR) is 362 cm³/mol. The summed E-state index contributed by atoms with van der Waals surface area (Å²) in [5.74, 6) is 0. The van der Waals surface area contributed by atoms with Gasteiger partial charge in [0.15, 0.2) is 11.2 Å². The van der Waals surface area contributed by atoms with Crippen molar-refractivity contribution in [1.29, 1.82) is 0 Å². The molecule has 0 saturated heterocycles. The highest BCUT2D eigenvalue weighted by Gasteiger charge is 2.26. The predicted octanol–water partition coefficient (Wildman–Crippen LogP) is 23.7. The average Bonchev–Trinajstić information content (AvgIpc) is 0.876. The van der Waals surface area contributed by atoms with Crippen LogP contribution in [-0.4, -0.2) is 0 Å². The molecule has 0 spiro atoms. The number of para-hydroxylation sites is 4. The molecule has 0 saturated carbocycles. The van der Waals surface area contributed by atoms with Gasteiger partial charge in [-0.2, -0.15) is 0 Å². The molecule has 0 bridgehead atoms. The first-order valence-electron chi connectivity index (χ1n) is 29.4. The molecule has 0 fully saturated rings. The molecule has 86 heavy (non-hydrogen) atoms. The van der Waals surface area contributed by atoms with E-state index in [1.807, 2.05) is 12.1 Å². The Morgan fingerprint density at radius 2 is 0.547 bits per heavy atom. The molecule has 0 amide bonds. The van der Waals surface area contributed by atoms with Crippen molar-refractivity contribution in [2.24, 2.45) is 0 Å². The first kappa shape index (κ1) is 49.2. The van der Waals surface area contributed by atoms with Crippen LogP contribution in [0.25, 0.3) is 131 Å². The van der Waals surface area contributed by atoms with Crippen LogP contribution in [0, 0.1) is 0 Å². The van der Waals surface area contributed by atoms with E-state index in [4.69, 9.17) is 8.83 Å². The van der Waals surface area contributed by atoms with Crippen LogP contribution < -0.4 is 9.80 Å². The summed E-state index contributed by atoms with van der Waals surface area (Å²) in [5, 5.41) is 13.6. The van der Waals surface area contributed by atoms with Gasteiger partial charge in [-0.05, 0) is 173 Å². The van der Waals surface area contributed by atoms with Gasteiger partial charge in [0.1, 0.15) is 11.2 Å². The zero-order chi connectivity index (χ0) is 56.7. The van der Waals surface area contributed by atoms with Crippen molar-refractivity contribution in [3.05, 3.63) is 315 Å². The SMILES string of the molecule is c1ccc(-c2ccc(N(c3ccc4c(-c5ccc6ccccc6c5)c5cc(N(c6ccc(-c7ccccc7)cc6)c6cccc7c6oc6ccccc67)ccc5c(-c5ccc6ccccc6c5)c4c3)c3cccc4c3oc3ccccc34)cc2)cc1. The van der Waals surface area contributed by atoms with Crippen LogP contribution in [0.2, 0.25) is 0 Å². The van der Waals surface area contributed by atoms with Crippen molar-refractivity contribution in [2.45, 2.75) is 0 Å². The number of benzene rings is 15. The minimum Gasteiger partial charge on any atom is -0.454 e. The van der Waals surface area contributed by atoms with E-state index in [2.05, 4.69) is 313 Å². The number of anilines is 6. The average molecular weight is 1100 g/mol. The van der Waals surface area contributed by atoms with E-state index in [1.165, 1.54) is 32.7 Å². The van der Waals surface area contributed by atoms with Crippen molar-refractivity contribution >= 4 is 121 Å². The van der Waals surface area contributed by atoms with Gasteiger partial charge in [-0.25, -0.2) is 0 Å². The second-order valence-corrected chi connectivity index (χ2v) is 22.3. The fraction of sp³-hybridized carbons (Fsp3) is 0. The van der Waals surface area contributed by atoms with E-state index in [9.17, 15) is 0 Å². The lowest BCUT2D eigenvalue weighted by Crippen LogP contribution is -2.11. The molecule has 0 radical (unpaired) electrons. The third-order valence-electron chi connectivity index (χ3n) is 17.4. The molecule has 2 aromatic heterocycles. The van der Waals surface area contributed by atoms with Crippen molar-refractivity contribution in [2.75, 3.05) is 9.80 Å². The third-order valence-corrected chi connectivity index (χ3v) is 17.4. The topological polar surface area (TPSA) is 32.8 Å². The molecule has 0 atom stereocenters. The van der Waals surface area contributed by atoms with E-state index in [1.54, 1.807) is 0 Å². The molecule has 0 unspecified atom stereocenters. The highest BCUT2D eigenvalue weighted by molar-refractivity contribution is 6.24. The molecule has 4 heteroatoms. The summed E-state index contributed by atoms with van der Waals surface area (Å²) in [5.41, 5.74) is 18.5. The first-order chi connectivity index (χ1) is 42.6. The summed E-state index contributed by atoms with van der Waals surface area (Å²) in [7, 11) is 0. The Morgan fingerprint density at radius 3 is 0.988 bits per heavy atom. The Hall–Kier alpha value is -11.5. The largest absolute Gasteiger partial charge is 0.454 e. The van der Waals surface area contributed by atoms with Gasteiger partial charge in [0.05, 0.1) is 11.4 Å². The van der Waals surface area contributed by atoms with E-state index in [-0.39, 0.29) is 0 Å². The minimum absolute atomic E-state index is 0.830. The third kappa shape index (κ3) is 8.22. The molecule has 0 aliphatic carbocycles. The molecule has 0 N–H and O–H groups in total. The monoisotopic (exact) mass is 1100 g/mol. The van der Waals surface area contributed by atoms with Crippen LogP contribution in [0.15, 0.2) is 324 Å². The number of hydrogen-bond acceptors (Lipinski definition) is 4. The lowest BCUT2D eigenvalue weighted by atomic mass is 9.84. The Morgan fingerprint density at radius 1 is 0.198 bits per heavy atom. The summed E-state index contributed by atoms with van der Waals surface area (Å²) in [6.45, 7) is 0. The molecule has 402 valence electrons. The van der Waals surface area contributed by atoms with E-state index < -0.39 is 0 Å². The fourth-order valence-electron chi connectivity index (χ4n) is 13.3. The smallest absolute Gasteiger partial charge is 0.159 e. The van der Waals surface area contributed by atoms with Gasteiger partial charge in [-0.15, -0.1) is 0 Å². The van der Waals surface area contributed by atoms with Crippen LogP contribution in [0.3, 0.4) is 0 Å². The molecule has 15 aromatic carbocycles. The molecule has 2 heterocycles. The Labute approximate surface area is 496 Å². The van der Waals surface area contributed by atoms with Gasteiger partial charge in [-0.1, -0.05) is 231 Å². The first-order valence-corrected chi connectivity index (χ1v) is 29.4. The zero-order valence-electron chi connectivity index (χ0n) is 46.7. The quantitative estimate of drug-likeness (QED) is 0.128. The van der Waals surface area contributed by atoms with Gasteiger partial charge in [-0.3, -0.25) is 0 Å². The van der Waals surface area contributed by atoms with Crippen molar-refractivity contribution in [3.8, 4) is 44.5 Å². The minimum atomic E-state index is 0.830. The van der Waals surface area contributed by atoms with Crippen molar-refractivity contribution in [3.63, 3.8) is 0 Å².